The van der Waals surface area contributed by atoms with Crippen LogP contribution >= 0.6 is 27.3 Å². The van der Waals surface area contributed by atoms with Crippen LogP contribution in [0.25, 0.3) is 10.2 Å². The van der Waals surface area contributed by atoms with Crippen LogP contribution in [0.2, 0.25) is 0 Å². The summed E-state index contributed by atoms with van der Waals surface area (Å²) >= 11 is 5.47. The van der Waals surface area contributed by atoms with E-state index in [0.717, 1.165) is 54.3 Å². The van der Waals surface area contributed by atoms with E-state index < -0.39 is 0 Å². The molecule has 2 aromatic heterocycles. The number of nitrogens with zero attached hydrogens (tertiary/aromatic N) is 4. The van der Waals surface area contributed by atoms with E-state index in [9.17, 15) is 4.79 Å². The van der Waals surface area contributed by atoms with Crippen LogP contribution < -0.4 is 4.90 Å². The first-order valence-electron chi connectivity index (χ1n) is 13.3. The maximum Gasteiger partial charge on any atom is 0.255 e. The van der Waals surface area contributed by atoms with Gasteiger partial charge in [-0.25, -0.2) is 9.97 Å². The predicted octanol–water partition coefficient (Wildman–Crippen LogP) is 6.73. The summed E-state index contributed by atoms with van der Waals surface area (Å²) in [7, 11) is 0. The van der Waals surface area contributed by atoms with Crippen LogP contribution in [0.3, 0.4) is 0 Å². The van der Waals surface area contributed by atoms with Gasteiger partial charge < -0.3 is 9.80 Å². The Morgan fingerprint density at radius 1 is 0.914 bits per heavy atom. The van der Waals surface area contributed by atoms with Gasteiger partial charge in [-0.15, -0.1) is 11.3 Å². The Bertz CT molecular complexity index is 1230. The lowest BCUT2D eigenvalue weighted by Crippen LogP contribution is -2.49. The molecule has 3 aliphatic rings. The molecule has 5 nitrogen and oxygen atoms in total. The Hall–Kier alpha value is -1.99. The molecule has 2 aliphatic carbocycles. The summed E-state index contributed by atoms with van der Waals surface area (Å²) in [5, 5.41) is 1.32. The number of aromatic nitrogens is 2. The third-order valence-corrected chi connectivity index (χ3v) is 9.88. The van der Waals surface area contributed by atoms with Gasteiger partial charge in [-0.2, -0.15) is 0 Å². The number of aryl methyl sites for hydroxylation is 2. The van der Waals surface area contributed by atoms with Crippen LogP contribution in [0.4, 0.5) is 5.82 Å². The van der Waals surface area contributed by atoms with Crippen LogP contribution in [0, 0.1) is 0 Å². The monoisotopic (exact) mass is 552 g/mol. The Kier molecular flexibility index (Phi) is 6.80. The van der Waals surface area contributed by atoms with Crippen molar-refractivity contribution in [1.82, 2.24) is 14.9 Å². The number of anilines is 1. The molecule has 3 aromatic rings. The molecule has 1 aromatic carbocycles. The summed E-state index contributed by atoms with van der Waals surface area (Å²) in [5.74, 6) is 2.81. The fourth-order valence-electron chi connectivity index (χ4n) is 6.03. The molecule has 1 aliphatic heterocycles. The minimum absolute atomic E-state index is 0.109. The minimum Gasteiger partial charge on any atom is -0.352 e. The smallest absolute Gasteiger partial charge is 0.255 e. The molecule has 0 spiro atoms. The number of amides is 1. The molecule has 0 atom stereocenters. The van der Waals surface area contributed by atoms with Gasteiger partial charge >= 0.3 is 0 Å². The summed E-state index contributed by atoms with van der Waals surface area (Å²) in [6.07, 6.45) is 12.5. The third-order valence-electron chi connectivity index (χ3n) is 8.00. The average Bonchev–Trinajstić information content (AvgIpc) is 3.09. The van der Waals surface area contributed by atoms with E-state index in [1.54, 1.807) is 0 Å². The number of hydrogen-bond acceptors (Lipinski definition) is 5. The van der Waals surface area contributed by atoms with Crippen molar-refractivity contribution in [2.75, 3.05) is 31.1 Å². The molecule has 6 rings (SSSR count). The van der Waals surface area contributed by atoms with Crippen LogP contribution in [0.15, 0.2) is 28.7 Å². The van der Waals surface area contributed by atoms with Gasteiger partial charge in [0.2, 0.25) is 0 Å². The Morgan fingerprint density at radius 3 is 2.46 bits per heavy atom. The van der Waals surface area contributed by atoms with E-state index in [-0.39, 0.29) is 5.91 Å². The fraction of sp³-hybridized carbons (Fsp3) is 0.536. The van der Waals surface area contributed by atoms with E-state index in [1.165, 1.54) is 78.4 Å². The molecule has 0 N–H and O–H groups in total. The predicted molar refractivity (Wildman–Crippen MR) is 147 cm³/mol. The SMILES string of the molecule is O=C(c1ccccc1Br)N1CCN(c2nc(C3CCCCC3)nc3sc4c(c23)CCCCC4)CC1. The number of thiophene rings is 1. The van der Waals surface area contributed by atoms with Crippen molar-refractivity contribution in [3.8, 4) is 0 Å². The number of carbonyl (C=O) groups is 1. The highest BCUT2D eigenvalue weighted by atomic mass is 79.9. The number of rotatable bonds is 3. The van der Waals surface area contributed by atoms with E-state index in [2.05, 4.69) is 20.8 Å². The molecule has 7 heteroatoms. The van der Waals surface area contributed by atoms with Crippen molar-refractivity contribution in [2.45, 2.75) is 70.1 Å². The molecule has 0 unspecified atom stereocenters. The van der Waals surface area contributed by atoms with E-state index >= 15 is 0 Å². The quantitative estimate of drug-likeness (QED) is 0.338. The average molecular weight is 554 g/mol. The molecule has 2 fully saturated rings. The van der Waals surface area contributed by atoms with Crippen molar-refractivity contribution in [3.63, 3.8) is 0 Å². The van der Waals surface area contributed by atoms with Crippen molar-refractivity contribution in [1.29, 1.82) is 0 Å². The summed E-state index contributed by atoms with van der Waals surface area (Å²) < 4.78 is 0.864. The Balaban J connectivity index is 1.32. The number of carbonyl (C=O) groups excluding carboxylic acids is 1. The lowest BCUT2D eigenvalue weighted by atomic mass is 9.88. The number of halogens is 1. The summed E-state index contributed by atoms with van der Waals surface area (Å²) in [5.41, 5.74) is 2.26. The van der Waals surface area contributed by atoms with Gasteiger partial charge in [0, 0.05) is 41.4 Å². The Labute approximate surface area is 220 Å². The van der Waals surface area contributed by atoms with Crippen molar-refractivity contribution >= 4 is 49.2 Å². The molecular weight excluding hydrogens is 520 g/mol. The zero-order valence-electron chi connectivity index (χ0n) is 20.3. The molecule has 3 heterocycles. The first kappa shape index (κ1) is 23.4. The molecule has 184 valence electrons. The molecule has 1 saturated heterocycles. The van der Waals surface area contributed by atoms with Crippen LogP contribution in [0.5, 0.6) is 0 Å². The number of fused-ring (bicyclic) bond motifs is 3. The van der Waals surface area contributed by atoms with E-state index in [4.69, 9.17) is 9.97 Å². The highest BCUT2D eigenvalue weighted by molar-refractivity contribution is 9.10. The molecule has 35 heavy (non-hydrogen) atoms. The van der Waals surface area contributed by atoms with E-state index in [1.807, 2.05) is 40.5 Å². The number of piperazine rings is 1. The van der Waals surface area contributed by atoms with E-state index in [0.29, 0.717) is 5.92 Å². The lowest BCUT2D eigenvalue weighted by Gasteiger charge is -2.36. The van der Waals surface area contributed by atoms with Gasteiger partial charge in [0.25, 0.3) is 5.91 Å². The molecule has 1 amide bonds. The lowest BCUT2D eigenvalue weighted by molar-refractivity contribution is 0.0745. The third kappa shape index (κ3) is 4.62. The second-order valence-electron chi connectivity index (χ2n) is 10.2. The molecule has 0 bridgehead atoms. The summed E-state index contributed by atoms with van der Waals surface area (Å²) in [4.78, 5) is 30.9. The second-order valence-corrected chi connectivity index (χ2v) is 12.2. The number of hydrogen-bond donors (Lipinski definition) is 0. The number of benzene rings is 1. The van der Waals surface area contributed by atoms with Crippen molar-refractivity contribution in [2.24, 2.45) is 0 Å². The largest absolute Gasteiger partial charge is 0.352 e. The van der Waals surface area contributed by atoms with Gasteiger partial charge in [0.05, 0.1) is 10.9 Å². The van der Waals surface area contributed by atoms with Gasteiger partial charge in [-0.3, -0.25) is 4.79 Å². The standard InChI is InChI=1S/C28H33BrN4OS/c29-22-13-8-7-11-20(22)28(34)33-17-15-32(16-18-33)26-24-21-12-5-2-6-14-23(21)35-27(24)31-25(30-26)19-9-3-1-4-10-19/h7-8,11,13,19H,1-6,9-10,12,14-18H2. The maximum absolute atomic E-state index is 13.2. The minimum atomic E-state index is 0.109. The van der Waals surface area contributed by atoms with Gasteiger partial charge in [0.1, 0.15) is 16.5 Å². The van der Waals surface area contributed by atoms with Crippen LogP contribution in [-0.2, 0) is 12.8 Å². The molecule has 0 radical (unpaired) electrons. The Morgan fingerprint density at radius 2 is 1.66 bits per heavy atom. The zero-order valence-corrected chi connectivity index (χ0v) is 22.7. The fourth-order valence-corrected chi connectivity index (χ4v) is 7.75. The van der Waals surface area contributed by atoms with Gasteiger partial charge in [-0.1, -0.05) is 37.8 Å². The normalized spacial score (nSPS) is 19.6. The summed E-state index contributed by atoms with van der Waals surface area (Å²) in [6, 6.07) is 7.73. The van der Waals surface area contributed by atoms with Gasteiger partial charge in [-0.05, 0) is 72.2 Å². The van der Waals surface area contributed by atoms with Gasteiger partial charge in [0.15, 0.2) is 0 Å². The van der Waals surface area contributed by atoms with Crippen LogP contribution in [-0.4, -0.2) is 47.0 Å². The summed E-state index contributed by atoms with van der Waals surface area (Å²) in [6.45, 7) is 3.07. The first-order chi connectivity index (χ1) is 17.2. The second kappa shape index (κ2) is 10.2. The van der Waals surface area contributed by atoms with Crippen molar-refractivity contribution in [3.05, 3.63) is 50.6 Å². The zero-order chi connectivity index (χ0) is 23.8. The van der Waals surface area contributed by atoms with Crippen molar-refractivity contribution < 1.29 is 4.79 Å². The maximum atomic E-state index is 13.2. The van der Waals surface area contributed by atoms with Crippen LogP contribution in [0.1, 0.15) is 83.9 Å². The molecule has 1 saturated carbocycles. The molecular formula is C28H33BrN4OS. The highest BCUT2D eigenvalue weighted by Gasteiger charge is 2.29. The topological polar surface area (TPSA) is 49.3 Å². The first-order valence-corrected chi connectivity index (χ1v) is 14.9. The highest BCUT2D eigenvalue weighted by Crippen LogP contribution is 2.41.